The van der Waals surface area contributed by atoms with Crippen LogP contribution >= 0.6 is 0 Å². The molecule has 0 aromatic carbocycles. The average Bonchev–Trinajstić information content (AvgIpc) is 2.58. The Labute approximate surface area is 181 Å². The molecule has 0 bridgehead atoms. The summed E-state index contributed by atoms with van der Waals surface area (Å²) in [5, 5.41) is 0. The van der Waals surface area contributed by atoms with Crippen molar-refractivity contribution in [3.63, 3.8) is 0 Å². The van der Waals surface area contributed by atoms with Gasteiger partial charge in [0, 0.05) is 13.6 Å². The van der Waals surface area contributed by atoms with Crippen molar-refractivity contribution in [1.29, 1.82) is 0 Å². The lowest BCUT2D eigenvalue weighted by Crippen LogP contribution is -2.41. The van der Waals surface area contributed by atoms with Gasteiger partial charge in [0.2, 0.25) is 0 Å². The van der Waals surface area contributed by atoms with Crippen LogP contribution in [-0.2, 0) is 0 Å². The van der Waals surface area contributed by atoms with Gasteiger partial charge in [-0.25, -0.2) is 0 Å². The summed E-state index contributed by atoms with van der Waals surface area (Å²) in [6.07, 6.45) is 24.3. The van der Waals surface area contributed by atoms with Crippen molar-refractivity contribution in [1.82, 2.24) is 0 Å². The van der Waals surface area contributed by atoms with Gasteiger partial charge in [-0.1, -0.05) is 129 Å². The fourth-order valence-electron chi connectivity index (χ4n) is 4.35. The first kappa shape index (κ1) is 28.2. The third-order valence-electron chi connectivity index (χ3n) is 6.44. The van der Waals surface area contributed by atoms with Crippen LogP contribution in [0.5, 0.6) is 0 Å². The zero-order valence-electron chi connectivity index (χ0n) is 20.9. The van der Waals surface area contributed by atoms with Crippen LogP contribution in [0.3, 0.4) is 0 Å². The molecule has 0 amide bonds. The maximum Gasteiger partial charge on any atom is 0.0442 e. The Morgan fingerprint density at radius 2 is 0.964 bits per heavy atom. The quantitative estimate of drug-likeness (QED) is 0.157. The number of hydrogen-bond acceptors (Lipinski definition) is 1. The molecule has 1 nitrogen and oxygen atoms in total. The standard InChI is InChI=1S/C26H57NSi/c1-7-8-9-10-11-12-13-14-15-16-17-18-19-20-22-25(26(2,3)27)23-21-24-28(4,5)6/h25H,7-24,27H2,1-6H3. The third kappa shape index (κ3) is 19.5. The predicted molar refractivity (Wildman–Crippen MR) is 134 cm³/mol. The lowest BCUT2D eigenvalue weighted by molar-refractivity contribution is 0.272. The molecule has 0 radical (unpaired) electrons. The molecule has 0 aliphatic rings. The molecule has 0 aliphatic carbocycles. The number of unbranched alkanes of at least 4 members (excludes halogenated alkanes) is 13. The Kier molecular flexibility index (Phi) is 17.0. The Morgan fingerprint density at radius 1 is 0.607 bits per heavy atom. The van der Waals surface area contributed by atoms with Gasteiger partial charge in [-0.05, 0) is 32.6 Å². The highest BCUT2D eigenvalue weighted by atomic mass is 28.3. The van der Waals surface area contributed by atoms with Crippen LogP contribution < -0.4 is 5.73 Å². The molecule has 0 saturated carbocycles. The maximum atomic E-state index is 6.50. The SMILES string of the molecule is CCCCCCCCCCCCCCCCC(CCC[Si](C)(C)C)C(C)(C)N. The van der Waals surface area contributed by atoms with E-state index in [-0.39, 0.29) is 5.54 Å². The van der Waals surface area contributed by atoms with Gasteiger partial charge in [0.15, 0.2) is 0 Å². The molecule has 2 heteroatoms. The molecular formula is C26H57NSi. The van der Waals surface area contributed by atoms with E-state index in [0.29, 0.717) is 5.92 Å². The summed E-state index contributed by atoms with van der Waals surface area (Å²) in [5.41, 5.74) is 6.49. The smallest absolute Gasteiger partial charge is 0.0442 e. The lowest BCUT2D eigenvalue weighted by Gasteiger charge is -2.31. The summed E-state index contributed by atoms with van der Waals surface area (Å²) in [7, 11) is -0.897. The Morgan fingerprint density at radius 3 is 1.32 bits per heavy atom. The van der Waals surface area contributed by atoms with Gasteiger partial charge in [0.25, 0.3) is 0 Å². The van der Waals surface area contributed by atoms with E-state index >= 15 is 0 Å². The summed E-state index contributed by atoms with van der Waals surface area (Å²) >= 11 is 0. The molecule has 1 atom stereocenters. The zero-order valence-corrected chi connectivity index (χ0v) is 21.9. The van der Waals surface area contributed by atoms with Crippen LogP contribution in [0, 0.1) is 5.92 Å². The highest BCUT2D eigenvalue weighted by molar-refractivity contribution is 6.76. The molecule has 0 spiro atoms. The molecule has 0 aliphatic heterocycles. The van der Waals surface area contributed by atoms with Crippen molar-refractivity contribution in [3.05, 3.63) is 0 Å². The van der Waals surface area contributed by atoms with Crippen LogP contribution in [0.25, 0.3) is 0 Å². The van der Waals surface area contributed by atoms with Crippen molar-refractivity contribution in [2.24, 2.45) is 11.7 Å². The van der Waals surface area contributed by atoms with Gasteiger partial charge in [-0.2, -0.15) is 0 Å². The first-order valence-electron chi connectivity index (χ1n) is 13.0. The van der Waals surface area contributed by atoms with Gasteiger partial charge < -0.3 is 5.73 Å². The second-order valence-electron chi connectivity index (χ2n) is 11.4. The van der Waals surface area contributed by atoms with Gasteiger partial charge in [-0.15, -0.1) is 0 Å². The molecule has 28 heavy (non-hydrogen) atoms. The molecule has 0 rings (SSSR count). The molecule has 170 valence electrons. The maximum absolute atomic E-state index is 6.50. The van der Waals surface area contributed by atoms with Crippen molar-refractivity contribution in [2.75, 3.05) is 0 Å². The van der Waals surface area contributed by atoms with Crippen molar-refractivity contribution >= 4 is 8.07 Å². The monoisotopic (exact) mass is 411 g/mol. The van der Waals surface area contributed by atoms with Gasteiger partial charge in [0.05, 0.1) is 0 Å². The summed E-state index contributed by atoms with van der Waals surface area (Å²) < 4.78 is 0. The summed E-state index contributed by atoms with van der Waals surface area (Å²) in [6, 6.07) is 1.46. The van der Waals surface area contributed by atoms with Crippen LogP contribution in [0.15, 0.2) is 0 Å². The van der Waals surface area contributed by atoms with Gasteiger partial charge >= 0.3 is 0 Å². The molecule has 0 aromatic rings. The third-order valence-corrected chi connectivity index (χ3v) is 8.29. The predicted octanol–water partition coefficient (Wildman–Crippen LogP) is 9.33. The van der Waals surface area contributed by atoms with Crippen LogP contribution in [0.1, 0.15) is 130 Å². The minimum absolute atomic E-state index is 0.00399. The molecular weight excluding hydrogens is 354 g/mol. The molecule has 0 fully saturated rings. The van der Waals surface area contributed by atoms with Crippen molar-refractivity contribution in [2.45, 2.75) is 161 Å². The summed E-state index contributed by atoms with van der Waals surface area (Å²) in [6.45, 7) is 14.3. The lowest BCUT2D eigenvalue weighted by atomic mass is 9.81. The summed E-state index contributed by atoms with van der Waals surface area (Å²) in [4.78, 5) is 0. The van der Waals surface area contributed by atoms with Crippen molar-refractivity contribution in [3.8, 4) is 0 Å². The molecule has 0 aromatic heterocycles. The van der Waals surface area contributed by atoms with E-state index in [0.717, 1.165) is 0 Å². The minimum atomic E-state index is -0.897. The fraction of sp³-hybridized carbons (Fsp3) is 1.00. The fourth-order valence-corrected chi connectivity index (χ4v) is 5.62. The van der Waals surface area contributed by atoms with E-state index in [1.165, 1.54) is 115 Å². The van der Waals surface area contributed by atoms with Crippen molar-refractivity contribution < 1.29 is 0 Å². The van der Waals surface area contributed by atoms with Crippen LogP contribution in [0.2, 0.25) is 25.7 Å². The Balaban J connectivity index is 3.57. The van der Waals surface area contributed by atoms with Gasteiger partial charge in [-0.3, -0.25) is 0 Å². The summed E-state index contributed by atoms with van der Waals surface area (Å²) in [5.74, 6) is 0.709. The van der Waals surface area contributed by atoms with E-state index < -0.39 is 8.07 Å². The Bertz CT molecular complexity index is 326. The molecule has 2 N–H and O–H groups in total. The van der Waals surface area contributed by atoms with Crippen LogP contribution in [0.4, 0.5) is 0 Å². The first-order valence-corrected chi connectivity index (χ1v) is 16.7. The highest BCUT2D eigenvalue weighted by Gasteiger charge is 2.25. The normalized spacial score (nSPS) is 13.8. The molecule has 1 unspecified atom stereocenters. The second-order valence-corrected chi connectivity index (χ2v) is 17.0. The van der Waals surface area contributed by atoms with E-state index in [4.69, 9.17) is 5.73 Å². The minimum Gasteiger partial charge on any atom is -0.325 e. The van der Waals surface area contributed by atoms with E-state index in [1.54, 1.807) is 0 Å². The van der Waals surface area contributed by atoms with Crippen LogP contribution in [-0.4, -0.2) is 13.6 Å². The van der Waals surface area contributed by atoms with E-state index in [9.17, 15) is 0 Å². The average molecular weight is 412 g/mol. The number of nitrogens with two attached hydrogens (primary N) is 1. The Hall–Kier alpha value is 0.177. The largest absolute Gasteiger partial charge is 0.325 e. The zero-order chi connectivity index (χ0) is 21.3. The number of hydrogen-bond donors (Lipinski definition) is 1. The topological polar surface area (TPSA) is 26.0 Å². The van der Waals surface area contributed by atoms with E-state index in [2.05, 4.69) is 40.4 Å². The first-order chi connectivity index (χ1) is 13.2. The molecule has 0 heterocycles. The second kappa shape index (κ2) is 16.9. The van der Waals surface area contributed by atoms with Gasteiger partial charge in [0.1, 0.15) is 0 Å². The molecule has 0 saturated heterocycles. The van der Waals surface area contributed by atoms with E-state index in [1.807, 2.05) is 0 Å². The number of rotatable bonds is 20. The highest BCUT2D eigenvalue weighted by Crippen LogP contribution is 2.28.